The number of hydrogen-bond donors (Lipinski definition) is 0. The van der Waals surface area contributed by atoms with Gasteiger partial charge in [0.25, 0.3) is 0 Å². The Bertz CT molecular complexity index is 345. The molecule has 0 atom stereocenters. The Labute approximate surface area is 83.1 Å². The van der Waals surface area contributed by atoms with Crippen LogP contribution in [-0.4, -0.2) is 16.9 Å². The fraction of sp³-hybridized carbons (Fsp3) is 0.455. The van der Waals surface area contributed by atoms with Crippen LogP contribution in [0, 0.1) is 0 Å². The van der Waals surface area contributed by atoms with Crippen LogP contribution in [0.15, 0.2) is 18.3 Å². The average Bonchev–Trinajstić information content (AvgIpc) is 2.99. The zero-order valence-corrected chi connectivity index (χ0v) is 8.19. The van der Waals surface area contributed by atoms with Crippen LogP contribution in [0.4, 0.5) is 0 Å². The van der Waals surface area contributed by atoms with Gasteiger partial charge in [-0.05, 0) is 25.3 Å². The average molecular weight is 191 g/mol. The summed E-state index contributed by atoms with van der Waals surface area (Å²) in [5.41, 5.74) is 0.621. The first-order chi connectivity index (χ1) is 6.78. The van der Waals surface area contributed by atoms with E-state index in [9.17, 15) is 4.79 Å². The summed E-state index contributed by atoms with van der Waals surface area (Å²) in [4.78, 5) is 14.6. The maximum absolute atomic E-state index is 10.5. The second kappa shape index (κ2) is 3.40. The summed E-state index contributed by atoms with van der Waals surface area (Å²) in [5, 5.41) is 0. The van der Waals surface area contributed by atoms with Crippen molar-refractivity contribution in [3.63, 3.8) is 0 Å². The lowest BCUT2D eigenvalue weighted by molar-refractivity contribution is 0.112. The van der Waals surface area contributed by atoms with Gasteiger partial charge in [0.15, 0.2) is 0 Å². The zero-order chi connectivity index (χ0) is 10.0. The van der Waals surface area contributed by atoms with Crippen LogP contribution in [-0.2, 0) is 0 Å². The van der Waals surface area contributed by atoms with Gasteiger partial charge in [-0.25, -0.2) is 4.98 Å². The largest absolute Gasteiger partial charge is 0.471 e. The van der Waals surface area contributed by atoms with Crippen molar-refractivity contribution in [3.8, 4) is 5.88 Å². The first-order valence-electron chi connectivity index (χ1n) is 4.88. The van der Waals surface area contributed by atoms with Crippen LogP contribution < -0.4 is 4.74 Å². The lowest BCUT2D eigenvalue weighted by Gasteiger charge is -2.14. The van der Waals surface area contributed by atoms with Gasteiger partial charge in [-0.15, -0.1) is 0 Å². The minimum atomic E-state index is 0.00844. The number of nitrogens with zero attached hydrogens (tertiary/aromatic N) is 1. The highest BCUT2D eigenvalue weighted by Gasteiger charge is 2.43. The van der Waals surface area contributed by atoms with E-state index in [0.29, 0.717) is 11.4 Å². The van der Waals surface area contributed by atoms with Gasteiger partial charge in [0, 0.05) is 17.8 Å². The smallest absolute Gasteiger partial charge is 0.214 e. The van der Waals surface area contributed by atoms with E-state index in [1.54, 1.807) is 18.3 Å². The van der Waals surface area contributed by atoms with Crippen LogP contribution in [0.3, 0.4) is 0 Å². The highest BCUT2D eigenvalue weighted by Crippen LogP contribution is 2.42. The van der Waals surface area contributed by atoms with Crippen LogP contribution in [0.1, 0.15) is 36.5 Å². The monoisotopic (exact) mass is 191 g/mol. The summed E-state index contributed by atoms with van der Waals surface area (Å²) < 4.78 is 5.73. The van der Waals surface area contributed by atoms with Crippen LogP contribution in [0.25, 0.3) is 0 Å². The summed E-state index contributed by atoms with van der Waals surface area (Å²) in [6.07, 6.45) is 5.60. The fourth-order valence-electron chi connectivity index (χ4n) is 1.44. The van der Waals surface area contributed by atoms with Crippen molar-refractivity contribution in [3.05, 3.63) is 23.9 Å². The minimum absolute atomic E-state index is 0.00844. The van der Waals surface area contributed by atoms with Crippen LogP contribution in [0.5, 0.6) is 5.88 Å². The first kappa shape index (κ1) is 9.19. The van der Waals surface area contributed by atoms with Gasteiger partial charge >= 0.3 is 0 Å². The summed E-state index contributed by atoms with van der Waals surface area (Å²) in [7, 11) is 0. The Hall–Kier alpha value is -1.38. The molecule has 0 spiro atoms. The van der Waals surface area contributed by atoms with E-state index in [1.165, 1.54) is 0 Å². The first-order valence-corrected chi connectivity index (χ1v) is 4.88. The third kappa shape index (κ3) is 1.76. The maximum atomic E-state index is 10.5. The molecule has 0 bridgehead atoms. The van der Waals surface area contributed by atoms with Crippen LogP contribution >= 0.6 is 0 Å². The quantitative estimate of drug-likeness (QED) is 0.685. The molecular formula is C11H13NO2. The van der Waals surface area contributed by atoms with Crippen molar-refractivity contribution in [1.82, 2.24) is 4.98 Å². The highest BCUT2D eigenvalue weighted by atomic mass is 16.5. The third-order valence-electron chi connectivity index (χ3n) is 2.67. The third-order valence-corrected chi connectivity index (χ3v) is 2.67. The molecule has 2 rings (SSSR count). The second-order valence-corrected chi connectivity index (χ2v) is 3.68. The summed E-state index contributed by atoms with van der Waals surface area (Å²) in [6.45, 7) is 2.11. The molecule has 1 saturated carbocycles. The number of hydrogen-bond acceptors (Lipinski definition) is 3. The van der Waals surface area contributed by atoms with E-state index in [2.05, 4.69) is 11.9 Å². The number of ether oxygens (including phenoxy) is 1. The Kier molecular flexibility index (Phi) is 2.23. The van der Waals surface area contributed by atoms with E-state index in [-0.39, 0.29) is 5.60 Å². The summed E-state index contributed by atoms with van der Waals surface area (Å²) in [6, 6.07) is 3.36. The van der Waals surface area contributed by atoms with Gasteiger partial charge in [0.05, 0.1) is 0 Å². The predicted octanol–water partition coefficient (Wildman–Crippen LogP) is 2.22. The standard InChI is InChI=1S/C11H13NO2/c1-2-11(4-5-11)14-10-7-9(8-13)3-6-12-10/h3,6-8H,2,4-5H2,1H3. The predicted molar refractivity (Wildman–Crippen MR) is 52.5 cm³/mol. The number of carbonyl (C=O) groups excluding carboxylic acids is 1. The van der Waals surface area contributed by atoms with Crippen molar-refractivity contribution in [2.45, 2.75) is 31.8 Å². The van der Waals surface area contributed by atoms with Crippen molar-refractivity contribution in [2.24, 2.45) is 0 Å². The molecular weight excluding hydrogens is 178 g/mol. The molecule has 0 unspecified atom stereocenters. The van der Waals surface area contributed by atoms with Gasteiger partial charge in [0.2, 0.25) is 5.88 Å². The van der Waals surface area contributed by atoms with Crippen molar-refractivity contribution < 1.29 is 9.53 Å². The second-order valence-electron chi connectivity index (χ2n) is 3.68. The van der Waals surface area contributed by atoms with E-state index >= 15 is 0 Å². The zero-order valence-electron chi connectivity index (χ0n) is 8.19. The molecule has 1 aromatic rings. The van der Waals surface area contributed by atoms with E-state index in [1.807, 2.05) is 0 Å². The molecule has 1 fully saturated rings. The Morgan fingerprint density at radius 3 is 3.00 bits per heavy atom. The van der Waals surface area contributed by atoms with Crippen molar-refractivity contribution in [1.29, 1.82) is 0 Å². The molecule has 1 heterocycles. The SMILES string of the molecule is CCC1(Oc2cc(C=O)ccn2)CC1. The van der Waals surface area contributed by atoms with Gasteiger partial charge in [-0.1, -0.05) is 6.92 Å². The number of pyridine rings is 1. The Morgan fingerprint density at radius 1 is 1.64 bits per heavy atom. The van der Waals surface area contributed by atoms with E-state index in [4.69, 9.17) is 4.74 Å². The molecule has 0 radical (unpaired) electrons. The summed E-state index contributed by atoms with van der Waals surface area (Å²) >= 11 is 0. The fourth-order valence-corrected chi connectivity index (χ4v) is 1.44. The number of carbonyl (C=O) groups is 1. The molecule has 74 valence electrons. The molecule has 1 aliphatic rings. The number of rotatable bonds is 4. The topological polar surface area (TPSA) is 39.2 Å². The van der Waals surface area contributed by atoms with Crippen LogP contribution in [0.2, 0.25) is 0 Å². The normalized spacial score (nSPS) is 17.5. The van der Waals surface area contributed by atoms with Crippen molar-refractivity contribution >= 4 is 6.29 Å². The van der Waals surface area contributed by atoms with E-state index in [0.717, 1.165) is 25.5 Å². The van der Waals surface area contributed by atoms with Gasteiger partial charge in [0.1, 0.15) is 11.9 Å². The molecule has 0 N–H and O–H groups in total. The minimum Gasteiger partial charge on any atom is -0.471 e. The maximum Gasteiger partial charge on any atom is 0.214 e. The molecule has 1 aliphatic carbocycles. The Morgan fingerprint density at radius 2 is 2.43 bits per heavy atom. The van der Waals surface area contributed by atoms with E-state index < -0.39 is 0 Å². The molecule has 1 aromatic heterocycles. The Balaban J connectivity index is 2.12. The van der Waals surface area contributed by atoms with Crippen molar-refractivity contribution in [2.75, 3.05) is 0 Å². The van der Waals surface area contributed by atoms with Gasteiger partial charge < -0.3 is 4.74 Å². The molecule has 0 aromatic carbocycles. The molecule has 0 amide bonds. The molecule has 3 heteroatoms. The van der Waals surface area contributed by atoms with Gasteiger partial charge in [-0.2, -0.15) is 0 Å². The highest BCUT2D eigenvalue weighted by molar-refractivity contribution is 5.74. The number of aldehydes is 1. The lowest BCUT2D eigenvalue weighted by Crippen LogP contribution is -2.17. The summed E-state index contributed by atoms with van der Waals surface area (Å²) in [5.74, 6) is 0.564. The molecule has 3 nitrogen and oxygen atoms in total. The molecule has 0 saturated heterocycles. The number of aromatic nitrogens is 1. The molecule has 14 heavy (non-hydrogen) atoms. The molecule has 0 aliphatic heterocycles. The van der Waals surface area contributed by atoms with Gasteiger partial charge in [-0.3, -0.25) is 4.79 Å². The lowest BCUT2D eigenvalue weighted by atomic mass is 10.2.